The molecule has 1 saturated heterocycles. The third-order valence-electron chi connectivity index (χ3n) is 3.96. The van der Waals surface area contributed by atoms with Crippen molar-refractivity contribution in [3.63, 3.8) is 0 Å². The second kappa shape index (κ2) is 6.97. The van der Waals surface area contributed by atoms with Crippen LogP contribution < -0.4 is 5.32 Å². The van der Waals surface area contributed by atoms with Crippen LogP contribution in [0.3, 0.4) is 0 Å². The van der Waals surface area contributed by atoms with Gasteiger partial charge in [0.15, 0.2) is 0 Å². The standard InChI is InChI=1S/C15H27NO/c1-5-11(3)13(10-17)9-12(4)14(6-2)15-7-8-16-15/h9,11,15-17H,5-8,10H2,1-4H3/b13-9-,14-12+. The van der Waals surface area contributed by atoms with E-state index in [1.807, 2.05) is 0 Å². The smallest absolute Gasteiger partial charge is 0.0647 e. The molecule has 0 aliphatic carbocycles. The van der Waals surface area contributed by atoms with Gasteiger partial charge in [0, 0.05) is 6.04 Å². The van der Waals surface area contributed by atoms with Crippen LogP contribution in [0.4, 0.5) is 0 Å². The van der Waals surface area contributed by atoms with Crippen molar-refractivity contribution in [1.82, 2.24) is 5.32 Å². The van der Waals surface area contributed by atoms with Gasteiger partial charge in [-0.15, -0.1) is 0 Å². The lowest BCUT2D eigenvalue weighted by Crippen LogP contribution is -2.44. The van der Waals surface area contributed by atoms with E-state index in [1.54, 1.807) is 0 Å². The Morgan fingerprint density at radius 3 is 2.47 bits per heavy atom. The number of aliphatic hydroxyl groups is 1. The van der Waals surface area contributed by atoms with E-state index in [1.165, 1.54) is 17.6 Å². The summed E-state index contributed by atoms with van der Waals surface area (Å²) in [5.74, 6) is 0.474. The SMILES string of the molecule is CC/C(=C(C)\C=C(\CO)C(C)CC)C1CCN1. The molecule has 1 fully saturated rings. The lowest BCUT2D eigenvalue weighted by molar-refractivity contribution is 0.314. The minimum Gasteiger partial charge on any atom is -0.392 e. The zero-order valence-electron chi connectivity index (χ0n) is 11.7. The summed E-state index contributed by atoms with van der Waals surface area (Å²) < 4.78 is 0. The van der Waals surface area contributed by atoms with Crippen LogP contribution in [-0.2, 0) is 0 Å². The van der Waals surface area contributed by atoms with Gasteiger partial charge in [-0.05, 0) is 44.2 Å². The van der Waals surface area contributed by atoms with Crippen LogP contribution >= 0.6 is 0 Å². The van der Waals surface area contributed by atoms with Gasteiger partial charge in [-0.2, -0.15) is 0 Å². The normalized spacial score (nSPS) is 24.1. The van der Waals surface area contributed by atoms with E-state index in [0.29, 0.717) is 12.0 Å². The van der Waals surface area contributed by atoms with E-state index < -0.39 is 0 Å². The molecule has 0 aromatic heterocycles. The second-order valence-electron chi connectivity index (χ2n) is 5.04. The summed E-state index contributed by atoms with van der Waals surface area (Å²) >= 11 is 0. The first-order chi connectivity index (χ1) is 8.13. The number of allylic oxidation sites excluding steroid dienone is 2. The molecule has 2 unspecified atom stereocenters. The Morgan fingerprint density at radius 2 is 2.12 bits per heavy atom. The topological polar surface area (TPSA) is 32.3 Å². The molecule has 1 heterocycles. The predicted octanol–water partition coefficient (Wildman–Crippen LogP) is 3.04. The van der Waals surface area contributed by atoms with Gasteiger partial charge in [0.25, 0.3) is 0 Å². The third-order valence-corrected chi connectivity index (χ3v) is 3.96. The van der Waals surface area contributed by atoms with Gasteiger partial charge >= 0.3 is 0 Å². The maximum Gasteiger partial charge on any atom is 0.0647 e. The summed E-state index contributed by atoms with van der Waals surface area (Å²) in [4.78, 5) is 0. The molecule has 2 N–H and O–H groups in total. The average molecular weight is 237 g/mol. The Hall–Kier alpha value is -0.600. The fraction of sp³-hybridized carbons (Fsp3) is 0.733. The van der Waals surface area contributed by atoms with E-state index in [4.69, 9.17) is 0 Å². The summed E-state index contributed by atoms with van der Waals surface area (Å²) in [5, 5.41) is 12.9. The van der Waals surface area contributed by atoms with Crippen LogP contribution in [0.1, 0.15) is 47.0 Å². The average Bonchev–Trinajstić information content (AvgIpc) is 2.28. The van der Waals surface area contributed by atoms with Gasteiger partial charge < -0.3 is 10.4 Å². The highest BCUT2D eigenvalue weighted by Gasteiger charge is 2.21. The van der Waals surface area contributed by atoms with E-state index in [-0.39, 0.29) is 6.61 Å². The fourth-order valence-electron chi connectivity index (χ4n) is 2.36. The van der Waals surface area contributed by atoms with Crippen molar-refractivity contribution in [2.45, 2.75) is 53.0 Å². The quantitative estimate of drug-likeness (QED) is 0.696. The molecular weight excluding hydrogens is 210 g/mol. The van der Waals surface area contributed by atoms with Crippen molar-refractivity contribution in [3.8, 4) is 0 Å². The first-order valence-electron chi connectivity index (χ1n) is 6.88. The Morgan fingerprint density at radius 1 is 1.47 bits per heavy atom. The number of aliphatic hydroxyl groups excluding tert-OH is 1. The monoisotopic (exact) mass is 237 g/mol. The molecular formula is C15H27NO. The molecule has 0 radical (unpaired) electrons. The largest absolute Gasteiger partial charge is 0.392 e. The van der Waals surface area contributed by atoms with E-state index in [0.717, 1.165) is 25.0 Å². The van der Waals surface area contributed by atoms with Crippen molar-refractivity contribution < 1.29 is 5.11 Å². The van der Waals surface area contributed by atoms with E-state index in [9.17, 15) is 5.11 Å². The maximum atomic E-state index is 9.43. The molecule has 98 valence electrons. The fourth-order valence-corrected chi connectivity index (χ4v) is 2.36. The van der Waals surface area contributed by atoms with E-state index >= 15 is 0 Å². The highest BCUT2D eigenvalue weighted by atomic mass is 16.3. The summed E-state index contributed by atoms with van der Waals surface area (Å²) in [6.45, 7) is 10.1. The molecule has 0 aromatic rings. The van der Waals surface area contributed by atoms with Crippen LogP contribution in [0.15, 0.2) is 22.8 Å². The molecule has 17 heavy (non-hydrogen) atoms. The van der Waals surface area contributed by atoms with Gasteiger partial charge in [-0.1, -0.05) is 38.0 Å². The van der Waals surface area contributed by atoms with Gasteiger partial charge in [0.1, 0.15) is 0 Å². The highest BCUT2D eigenvalue weighted by molar-refractivity contribution is 5.32. The minimum absolute atomic E-state index is 0.182. The summed E-state index contributed by atoms with van der Waals surface area (Å²) in [6, 6.07) is 0.577. The Kier molecular flexibility index (Phi) is 5.93. The first-order valence-corrected chi connectivity index (χ1v) is 6.88. The van der Waals surface area contributed by atoms with Crippen molar-refractivity contribution in [2.24, 2.45) is 5.92 Å². The Labute approximate surface area is 106 Å². The molecule has 2 heteroatoms. The molecule has 0 saturated carbocycles. The number of nitrogens with one attached hydrogen (secondary N) is 1. The van der Waals surface area contributed by atoms with Gasteiger partial charge in [0.05, 0.1) is 6.61 Å². The zero-order valence-corrected chi connectivity index (χ0v) is 11.7. The van der Waals surface area contributed by atoms with Gasteiger partial charge in [-0.3, -0.25) is 0 Å². The molecule has 0 bridgehead atoms. The lowest BCUT2D eigenvalue weighted by Gasteiger charge is -2.31. The minimum atomic E-state index is 0.182. The third kappa shape index (κ3) is 3.68. The number of hydrogen-bond donors (Lipinski definition) is 2. The number of rotatable bonds is 6. The van der Waals surface area contributed by atoms with Crippen LogP contribution in [0.25, 0.3) is 0 Å². The lowest BCUT2D eigenvalue weighted by atomic mass is 9.89. The van der Waals surface area contributed by atoms with Gasteiger partial charge in [-0.25, -0.2) is 0 Å². The van der Waals surface area contributed by atoms with Crippen molar-refractivity contribution in [1.29, 1.82) is 0 Å². The molecule has 1 aliphatic rings. The van der Waals surface area contributed by atoms with Crippen LogP contribution in [-0.4, -0.2) is 24.3 Å². The molecule has 1 rings (SSSR count). The van der Waals surface area contributed by atoms with Gasteiger partial charge in [0.2, 0.25) is 0 Å². The van der Waals surface area contributed by atoms with Crippen LogP contribution in [0.5, 0.6) is 0 Å². The molecule has 1 aliphatic heterocycles. The number of hydrogen-bond acceptors (Lipinski definition) is 2. The Bertz CT molecular complexity index is 300. The molecule has 2 nitrogen and oxygen atoms in total. The van der Waals surface area contributed by atoms with Crippen LogP contribution in [0, 0.1) is 5.92 Å². The Balaban J connectivity index is 2.87. The van der Waals surface area contributed by atoms with Crippen LogP contribution in [0.2, 0.25) is 0 Å². The summed E-state index contributed by atoms with van der Waals surface area (Å²) in [5.41, 5.74) is 4.01. The predicted molar refractivity (Wildman–Crippen MR) is 74.0 cm³/mol. The zero-order chi connectivity index (χ0) is 12.8. The summed E-state index contributed by atoms with van der Waals surface area (Å²) in [6.07, 6.45) is 5.64. The molecule has 0 amide bonds. The molecule has 0 aromatic carbocycles. The maximum absolute atomic E-state index is 9.43. The van der Waals surface area contributed by atoms with E-state index in [2.05, 4.69) is 39.1 Å². The van der Waals surface area contributed by atoms with Crippen molar-refractivity contribution in [3.05, 3.63) is 22.8 Å². The van der Waals surface area contributed by atoms with Crippen molar-refractivity contribution >= 4 is 0 Å². The molecule has 0 spiro atoms. The first kappa shape index (κ1) is 14.5. The molecule has 2 atom stereocenters. The van der Waals surface area contributed by atoms with Crippen molar-refractivity contribution in [2.75, 3.05) is 13.2 Å². The second-order valence-corrected chi connectivity index (χ2v) is 5.04. The highest BCUT2D eigenvalue weighted by Crippen LogP contribution is 2.23. The summed E-state index contributed by atoms with van der Waals surface area (Å²) in [7, 11) is 0.